The summed E-state index contributed by atoms with van der Waals surface area (Å²) in [5, 5.41) is 0.726. The van der Waals surface area contributed by atoms with Crippen LogP contribution in [0.25, 0.3) is 10.2 Å². The third-order valence-electron chi connectivity index (χ3n) is 4.73. The van der Waals surface area contributed by atoms with Crippen LogP contribution in [0.15, 0.2) is 53.4 Å². The first-order chi connectivity index (χ1) is 14.2. The molecule has 3 aromatic rings. The smallest absolute Gasteiger partial charge is 0.239 e. The van der Waals surface area contributed by atoms with Gasteiger partial charge in [0.05, 0.1) is 29.2 Å². The summed E-state index contributed by atoms with van der Waals surface area (Å²) in [6.45, 7) is 4.60. The number of anilines is 1. The highest BCUT2D eigenvalue weighted by Crippen LogP contribution is 2.29. The number of fused-ring (bicyclic) bond motifs is 1. The number of hydrogen-bond donors (Lipinski definition) is 0. The molecule has 1 aromatic heterocycles. The highest BCUT2D eigenvalue weighted by Gasteiger charge is 2.21. The lowest BCUT2D eigenvalue weighted by atomic mass is 10.3. The van der Waals surface area contributed by atoms with Crippen molar-refractivity contribution in [3.05, 3.63) is 54.3 Å². The van der Waals surface area contributed by atoms with E-state index in [9.17, 15) is 9.18 Å². The minimum atomic E-state index is -0.276. The summed E-state index contributed by atoms with van der Waals surface area (Å²) in [6, 6.07) is 14.1. The number of amides is 1. The molecule has 0 radical (unpaired) electrons. The van der Waals surface area contributed by atoms with Crippen LogP contribution in [0.1, 0.15) is 0 Å². The zero-order chi connectivity index (χ0) is 20.1. The number of morpholine rings is 1. The number of nitrogens with zero attached hydrogens (tertiary/aromatic N) is 3. The molecule has 1 fully saturated rings. The predicted octanol–water partition coefficient (Wildman–Crippen LogP) is 4.31. The van der Waals surface area contributed by atoms with Crippen LogP contribution in [-0.2, 0) is 9.53 Å². The largest absolute Gasteiger partial charge is 0.379 e. The fourth-order valence-corrected chi connectivity index (χ4v) is 4.91. The van der Waals surface area contributed by atoms with Gasteiger partial charge < -0.3 is 4.74 Å². The molecule has 0 N–H and O–H groups in total. The zero-order valence-corrected chi connectivity index (χ0v) is 18.8. The van der Waals surface area contributed by atoms with Crippen LogP contribution in [-0.4, -0.2) is 60.9 Å². The van der Waals surface area contributed by atoms with E-state index >= 15 is 0 Å². The van der Waals surface area contributed by atoms with Gasteiger partial charge in [-0.2, -0.15) is 0 Å². The summed E-state index contributed by atoms with van der Waals surface area (Å²) < 4.78 is 19.6. The number of carbonyl (C=O) groups is 1. The molecule has 30 heavy (non-hydrogen) atoms. The van der Waals surface area contributed by atoms with Crippen molar-refractivity contribution < 1.29 is 13.9 Å². The molecular weight excluding hydrogens is 445 g/mol. The highest BCUT2D eigenvalue weighted by molar-refractivity contribution is 8.00. The average Bonchev–Trinajstić information content (AvgIpc) is 3.18. The summed E-state index contributed by atoms with van der Waals surface area (Å²) in [5.41, 5.74) is 0.905. The Kier molecular flexibility index (Phi) is 8.47. The Balaban J connectivity index is 0.00000256. The predicted molar refractivity (Wildman–Crippen MR) is 124 cm³/mol. The zero-order valence-electron chi connectivity index (χ0n) is 16.3. The van der Waals surface area contributed by atoms with E-state index in [-0.39, 0.29) is 29.9 Å². The van der Waals surface area contributed by atoms with Crippen LogP contribution in [0.5, 0.6) is 0 Å². The Morgan fingerprint density at radius 3 is 2.63 bits per heavy atom. The van der Waals surface area contributed by atoms with Crippen molar-refractivity contribution in [2.75, 3.05) is 50.0 Å². The van der Waals surface area contributed by atoms with Crippen molar-refractivity contribution >= 4 is 56.8 Å². The second kappa shape index (κ2) is 11.1. The van der Waals surface area contributed by atoms with Gasteiger partial charge in [-0.1, -0.05) is 23.5 Å². The number of benzene rings is 2. The van der Waals surface area contributed by atoms with E-state index in [0.717, 1.165) is 53.1 Å². The van der Waals surface area contributed by atoms with Gasteiger partial charge in [-0.15, -0.1) is 24.2 Å². The van der Waals surface area contributed by atoms with Gasteiger partial charge in [0, 0.05) is 31.1 Å². The second-order valence-corrected chi connectivity index (χ2v) is 8.76. The SMILES string of the molecule is Cl.O=C(CSc1ccc(F)cc1)N(CCN1CCOCC1)c1nc2ccccc2s1. The van der Waals surface area contributed by atoms with Gasteiger partial charge in [0.25, 0.3) is 0 Å². The second-order valence-electron chi connectivity index (χ2n) is 6.71. The summed E-state index contributed by atoms with van der Waals surface area (Å²) >= 11 is 2.95. The van der Waals surface area contributed by atoms with Gasteiger partial charge in [0.1, 0.15) is 5.82 Å². The van der Waals surface area contributed by atoms with E-state index in [0.29, 0.717) is 6.54 Å². The molecular formula is C21H23ClFN3O2S2. The molecule has 2 heterocycles. The van der Waals surface area contributed by atoms with Gasteiger partial charge in [0.15, 0.2) is 5.13 Å². The molecule has 1 aliphatic rings. The molecule has 0 saturated carbocycles. The van der Waals surface area contributed by atoms with Crippen molar-refractivity contribution in [3.8, 4) is 0 Å². The van der Waals surface area contributed by atoms with Crippen molar-refractivity contribution in [1.29, 1.82) is 0 Å². The van der Waals surface area contributed by atoms with Crippen LogP contribution in [0, 0.1) is 5.82 Å². The normalized spacial score (nSPS) is 14.4. The third-order valence-corrected chi connectivity index (χ3v) is 6.79. The summed E-state index contributed by atoms with van der Waals surface area (Å²) in [5.74, 6) is 0.0129. The molecule has 2 aromatic carbocycles. The summed E-state index contributed by atoms with van der Waals surface area (Å²) in [4.78, 5) is 22.7. The first-order valence-electron chi connectivity index (χ1n) is 9.53. The molecule has 160 valence electrons. The molecule has 5 nitrogen and oxygen atoms in total. The van der Waals surface area contributed by atoms with E-state index < -0.39 is 0 Å². The number of halogens is 2. The number of thiazole rings is 1. The lowest BCUT2D eigenvalue weighted by Crippen LogP contribution is -2.43. The van der Waals surface area contributed by atoms with Crippen LogP contribution in [0.2, 0.25) is 0 Å². The fraction of sp³-hybridized carbons (Fsp3) is 0.333. The number of hydrogen-bond acceptors (Lipinski definition) is 6. The first-order valence-corrected chi connectivity index (χ1v) is 11.3. The number of thioether (sulfide) groups is 1. The number of para-hydroxylation sites is 1. The van der Waals surface area contributed by atoms with Crippen LogP contribution in [0.4, 0.5) is 9.52 Å². The summed E-state index contributed by atoms with van der Waals surface area (Å²) in [6.07, 6.45) is 0. The van der Waals surface area contributed by atoms with Crippen molar-refractivity contribution in [2.24, 2.45) is 0 Å². The number of aromatic nitrogens is 1. The number of ether oxygens (including phenoxy) is 1. The molecule has 0 aliphatic carbocycles. The van der Waals surface area contributed by atoms with Crippen LogP contribution < -0.4 is 4.90 Å². The first kappa shape index (κ1) is 23.0. The van der Waals surface area contributed by atoms with E-state index in [1.165, 1.54) is 35.2 Å². The van der Waals surface area contributed by atoms with E-state index in [1.54, 1.807) is 17.0 Å². The molecule has 1 aliphatic heterocycles. The van der Waals surface area contributed by atoms with Crippen LogP contribution >= 0.6 is 35.5 Å². The molecule has 0 spiro atoms. The maximum Gasteiger partial charge on any atom is 0.239 e. The van der Waals surface area contributed by atoms with E-state index in [1.807, 2.05) is 24.3 Å². The molecule has 1 amide bonds. The van der Waals surface area contributed by atoms with Crippen molar-refractivity contribution in [3.63, 3.8) is 0 Å². The number of carbonyl (C=O) groups excluding carboxylic acids is 1. The van der Waals surface area contributed by atoms with Crippen LogP contribution in [0.3, 0.4) is 0 Å². The molecule has 9 heteroatoms. The quantitative estimate of drug-likeness (QED) is 0.484. The Hall–Kier alpha value is -1.71. The lowest BCUT2D eigenvalue weighted by Gasteiger charge is -2.29. The van der Waals surface area contributed by atoms with Gasteiger partial charge in [-0.3, -0.25) is 14.6 Å². The standard InChI is InChI=1S/C21H22FN3O2S2.ClH/c22-16-5-7-17(8-6-16)28-15-20(26)25(10-9-24-11-13-27-14-12-24)21-23-18-3-1-2-4-19(18)29-21;/h1-8H,9-15H2;1H. The maximum absolute atomic E-state index is 13.1. The van der Waals surface area contributed by atoms with Gasteiger partial charge >= 0.3 is 0 Å². The Morgan fingerprint density at radius 2 is 1.90 bits per heavy atom. The van der Waals surface area contributed by atoms with Gasteiger partial charge in [-0.25, -0.2) is 9.37 Å². The molecule has 4 rings (SSSR count). The Bertz CT molecular complexity index is 931. The molecule has 0 bridgehead atoms. The molecule has 0 unspecified atom stereocenters. The topological polar surface area (TPSA) is 45.7 Å². The molecule has 1 saturated heterocycles. The maximum atomic E-state index is 13.1. The third kappa shape index (κ3) is 5.92. The Labute approximate surface area is 189 Å². The van der Waals surface area contributed by atoms with Crippen molar-refractivity contribution in [1.82, 2.24) is 9.88 Å². The number of rotatable bonds is 7. The lowest BCUT2D eigenvalue weighted by molar-refractivity contribution is -0.116. The fourth-order valence-electron chi connectivity index (χ4n) is 3.12. The minimum Gasteiger partial charge on any atom is -0.379 e. The van der Waals surface area contributed by atoms with Crippen molar-refractivity contribution in [2.45, 2.75) is 4.90 Å². The highest BCUT2D eigenvalue weighted by atomic mass is 35.5. The van der Waals surface area contributed by atoms with Gasteiger partial charge in [-0.05, 0) is 36.4 Å². The van der Waals surface area contributed by atoms with Gasteiger partial charge in [0.2, 0.25) is 5.91 Å². The molecule has 0 atom stereocenters. The van der Waals surface area contributed by atoms with E-state index in [2.05, 4.69) is 9.88 Å². The summed E-state index contributed by atoms with van der Waals surface area (Å²) in [7, 11) is 0. The Morgan fingerprint density at radius 1 is 1.17 bits per heavy atom. The average molecular weight is 468 g/mol. The monoisotopic (exact) mass is 467 g/mol. The van der Waals surface area contributed by atoms with E-state index in [4.69, 9.17) is 4.74 Å². The minimum absolute atomic E-state index is 0.